The largest absolute Gasteiger partial charge is 0.507 e. The maximum atomic E-state index is 11.2. The van der Waals surface area contributed by atoms with Crippen LogP contribution in [0.15, 0.2) is 48.8 Å². The Bertz CT molecular complexity index is 1360. The number of fused-ring (bicyclic) bond motifs is 2. The number of nitrogens with one attached hydrogen (secondary N) is 1. The van der Waals surface area contributed by atoms with Crippen molar-refractivity contribution in [1.29, 1.82) is 0 Å². The first-order chi connectivity index (χ1) is 16.0. The third kappa shape index (κ3) is 3.81. The van der Waals surface area contributed by atoms with Crippen LogP contribution in [0, 0.1) is 0 Å². The van der Waals surface area contributed by atoms with E-state index in [9.17, 15) is 5.11 Å². The van der Waals surface area contributed by atoms with Gasteiger partial charge in [-0.05, 0) is 41.2 Å². The van der Waals surface area contributed by atoms with Crippen molar-refractivity contribution >= 4 is 17.3 Å². The fourth-order valence-electron chi connectivity index (χ4n) is 4.23. The summed E-state index contributed by atoms with van der Waals surface area (Å²) >= 11 is 0. The molecule has 1 aliphatic rings. The Balaban J connectivity index is 1.72. The summed E-state index contributed by atoms with van der Waals surface area (Å²) in [6.45, 7) is 12.9. The Labute approximate surface area is 199 Å². The molecule has 1 aliphatic heterocycles. The highest BCUT2D eigenvalue weighted by Gasteiger charge is 2.28. The van der Waals surface area contributed by atoms with E-state index in [1.54, 1.807) is 6.20 Å². The van der Waals surface area contributed by atoms with Crippen molar-refractivity contribution in [1.82, 2.24) is 14.4 Å². The summed E-state index contributed by atoms with van der Waals surface area (Å²) in [6, 6.07) is 11.7. The molecular weight excluding hydrogens is 428 g/mol. The van der Waals surface area contributed by atoms with Crippen LogP contribution in [0.4, 0.5) is 11.5 Å². The van der Waals surface area contributed by atoms with Crippen molar-refractivity contribution in [2.45, 2.75) is 52.4 Å². The van der Waals surface area contributed by atoms with Crippen LogP contribution in [0.3, 0.4) is 0 Å². The van der Waals surface area contributed by atoms with Gasteiger partial charge in [0.05, 0.1) is 0 Å². The van der Waals surface area contributed by atoms with Crippen LogP contribution in [0.1, 0.15) is 52.7 Å². The molecule has 0 unspecified atom stereocenters. The Morgan fingerprint density at radius 1 is 0.941 bits per heavy atom. The molecule has 2 aromatic carbocycles. The Morgan fingerprint density at radius 2 is 1.62 bits per heavy atom. The lowest BCUT2D eigenvalue weighted by atomic mass is 9.78. The predicted octanol–water partition coefficient (Wildman–Crippen LogP) is 6.17. The minimum atomic E-state index is -0.248. The number of aromatic nitrogens is 3. The zero-order valence-corrected chi connectivity index (χ0v) is 20.4. The van der Waals surface area contributed by atoms with E-state index >= 15 is 0 Å². The van der Waals surface area contributed by atoms with Crippen LogP contribution < -0.4 is 14.8 Å². The van der Waals surface area contributed by atoms with Gasteiger partial charge in [0.25, 0.3) is 0 Å². The van der Waals surface area contributed by atoms with Gasteiger partial charge in [-0.1, -0.05) is 41.5 Å². The molecule has 4 aromatic rings. The van der Waals surface area contributed by atoms with E-state index in [1.165, 1.54) is 0 Å². The number of nitrogens with zero attached hydrogens (tertiary/aromatic N) is 3. The predicted molar refractivity (Wildman–Crippen MR) is 133 cm³/mol. The minimum absolute atomic E-state index is 0.224. The van der Waals surface area contributed by atoms with Gasteiger partial charge < -0.3 is 19.9 Å². The molecule has 3 heterocycles. The Kier molecular flexibility index (Phi) is 4.97. The lowest BCUT2D eigenvalue weighted by molar-refractivity contribution is 0.174. The number of rotatable bonds is 3. The highest BCUT2D eigenvalue weighted by atomic mass is 16.7. The second-order valence-corrected chi connectivity index (χ2v) is 10.7. The molecule has 2 aromatic heterocycles. The lowest BCUT2D eigenvalue weighted by Crippen LogP contribution is -2.17. The normalized spacial score (nSPS) is 13.5. The van der Waals surface area contributed by atoms with Crippen molar-refractivity contribution in [3.8, 4) is 28.5 Å². The molecular formula is C27H30N4O3. The minimum Gasteiger partial charge on any atom is -0.507 e. The fraction of sp³-hybridized carbons (Fsp3) is 0.333. The molecule has 7 heteroatoms. The monoisotopic (exact) mass is 458 g/mol. The number of imidazole rings is 1. The summed E-state index contributed by atoms with van der Waals surface area (Å²) in [7, 11) is 0. The van der Waals surface area contributed by atoms with Gasteiger partial charge >= 0.3 is 0 Å². The van der Waals surface area contributed by atoms with E-state index in [0.29, 0.717) is 17.3 Å². The van der Waals surface area contributed by atoms with Crippen LogP contribution in [-0.4, -0.2) is 26.3 Å². The second-order valence-electron chi connectivity index (χ2n) is 10.7. The molecule has 176 valence electrons. The van der Waals surface area contributed by atoms with Gasteiger partial charge in [0, 0.05) is 40.8 Å². The molecule has 5 rings (SSSR count). The molecule has 0 atom stereocenters. The number of hydrogen-bond acceptors (Lipinski definition) is 6. The van der Waals surface area contributed by atoms with Gasteiger partial charge in [0.15, 0.2) is 11.5 Å². The van der Waals surface area contributed by atoms with Crippen LogP contribution in [0.2, 0.25) is 0 Å². The standard InChI is InChI=1S/C27H30N4O3/c1-26(2,3)18-12-16(13-19(23(18)32)27(4,5)6)22-24(31-11-7-10-28-25(31)30-22)29-17-8-9-20-21(14-17)34-15-33-20/h7-14,29,32H,15H2,1-6H3. The van der Waals surface area contributed by atoms with Crippen molar-refractivity contribution in [2.75, 3.05) is 12.1 Å². The van der Waals surface area contributed by atoms with E-state index in [1.807, 2.05) is 47.0 Å². The molecule has 0 amide bonds. The van der Waals surface area contributed by atoms with Crippen molar-refractivity contribution in [3.63, 3.8) is 0 Å². The number of phenols is 1. The van der Waals surface area contributed by atoms with Crippen LogP contribution >= 0.6 is 0 Å². The smallest absolute Gasteiger partial charge is 0.235 e. The van der Waals surface area contributed by atoms with E-state index in [4.69, 9.17) is 14.5 Å². The third-order valence-electron chi connectivity index (χ3n) is 6.04. The number of hydrogen-bond donors (Lipinski definition) is 2. The zero-order valence-electron chi connectivity index (χ0n) is 20.4. The van der Waals surface area contributed by atoms with Gasteiger partial charge in [-0.25, -0.2) is 9.97 Å². The molecule has 0 fully saturated rings. The maximum absolute atomic E-state index is 11.2. The van der Waals surface area contributed by atoms with E-state index in [2.05, 4.69) is 51.8 Å². The Morgan fingerprint density at radius 3 is 2.29 bits per heavy atom. The molecule has 0 spiro atoms. The SMILES string of the molecule is CC(C)(C)c1cc(-c2nc3ncccn3c2Nc2ccc3c(c2)OCO3)cc(C(C)(C)C)c1O. The zero-order chi connectivity index (χ0) is 24.3. The van der Waals surface area contributed by atoms with Gasteiger partial charge in [-0.2, -0.15) is 0 Å². The first-order valence-corrected chi connectivity index (χ1v) is 11.4. The Hall–Kier alpha value is -3.74. The molecule has 0 saturated carbocycles. The fourth-order valence-corrected chi connectivity index (χ4v) is 4.23. The van der Waals surface area contributed by atoms with Crippen molar-refractivity contribution < 1.29 is 14.6 Å². The molecule has 0 radical (unpaired) electrons. The highest BCUT2D eigenvalue weighted by Crippen LogP contribution is 2.43. The third-order valence-corrected chi connectivity index (χ3v) is 6.04. The maximum Gasteiger partial charge on any atom is 0.235 e. The number of benzene rings is 2. The van der Waals surface area contributed by atoms with Gasteiger partial charge in [0.2, 0.25) is 12.6 Å². The van der Waals surface area contributed by atoms with Gasteiger partial charge in [-0.15, -0.1) is 0 Å². The molecule has 2 N–H and O–H groups in total. The van der Waals surface area contributed by atoms with Gasteiger partial charge in [0.1, 0.15) is 17.3 Å². The van der Waals surface area contributed by atoms with E-state index in [-0.39, 0.29) is 17.6 Å². The molecule has 0 saturated heterocycles. The van der Waals surface area contributed by atoms with Crippen LogP contribution in [0.5, 0.6) is 17.2 Å². The van der Waals surface area contributed by atoms with Crippen LogP contribution in [0.25, 0.3) is 17.0 Å². The summed E-state index contributed by atoms with van der Waals surface area (Å²) in [6.07, 6.45) is 3.67. The van der Waals surface area contributed by atoms with Crippen molar-refractivity contribution in [2.24, 2.45) is 0 Å². The van der Waals surface area contributed by atoms with E-state index in [0.717, 1.165) is 39.6 Å². The average Bonchev–Trinajstić information content (AvgIpc) is 3.37. The molecule has 7 nitrogen and oxygen atoms in total. The van der Waals surface area contributed by atoms with E-state index < -0.39 is 0 Å². The number of ether oxygens (including phenoxy) is 2. The molecule has 0 aliphatic carbocycles. The summed E-state index contributed by atoms with van der Waals surface area (Å²) in [4.78, 5) is 9.34. The van der Waals surface area contributed by atoms with Crippen LogP contribution in [-0.2, 0) is 10.8 Å². The first kappa shape index (κ1) is 22.1. The number of aromatic hydroxyl groups is 1. The molecule has 34 heavy (non-hydrogen) atoms. The molecule has 0 bridgehead atoms. The summed E-state index contributed by atoms with van der Waals surface area (Å²) in [5.74, 6) is 3.15. The van der Waals surface area contributed by atoms with Gasteiger partial charge in [-0.3, -0.25) is 4.40 Å². The number of anilines is 2. The van der Waals surface area contributed by atoms with Crippen molar-refractivity contribution in [3.05, 3.63) is 59.9 Å². The lowest BCUT2D eigenvalue weighted by Gasteiger charge is -2.28. The summed E-state index contributed by atoms with van der Waals surface area (Å²) in [5, 5.41) is 14.7. The topological polar surface area (TPSA) is 80.9 Å². The quantitative estimate of drug-likeness (QED) is 0.382. The summed E-state index contributed by atoms with van der Waals surface area (Å²) < 4.78 is 12.9. The average molecular weight is 459 g/mol. The highest BCUT2D eigenvalue weighted by molar-refractivity contribution is 5.81. The number of phenolic OH excluding ortho intramolecular Hbond substituents is 1. The second kappa shape index (κ2) is 7.65. The first-order valence-electron chi connectivity index (χ1n) is 11.4. The summed E-state index contributed by atoms with van der Waals surface area (Å²) in [5.41, 5.74) is 3.80.